The number of nitrogens with zero attached hydrogens (tertiary/aromatic N) is 4. The molecular weight excluding hydrogens is 630 g/mol. The number of benzene rings is 1. The summed E-state index contributed by atoms with van der Waals surface area (Å²) in [6.07, 6.45) is -8.12. The van der Waals surface area contributed by atoms with Gasteiger partial charge in [-0.25, -0.2) is 13.9 Å². The van der Waals surface area contributed by atoms with Crippen molar-refractivity contribution in [3.05, 3.63) is 69.6 Å². The topological polar surface area (TPSA) is 135 Å². The summed E-state index contributed by atoms with van der Waals surface area (Å²) in [6.45, 7) is 3.68. The van der Waals surface area contributed by atoms with Gasteiger partial charge in [-0.3, -0.25) is 14.4 Å². The van der Waals surface area contributed by atoms with Gasteiger partial charge in [-0.05, 0) is 50.1 Å². The molecule has 0 aliphatic heterocycles. The van der Waals surface area contributed by atoms with E-state index in [4.69, 9.17) is 11.6 Å². The molecule has 2 N–H and O–H groups in total. The highest BCUT2D eigenvalue weighted by Crippen LogP contribution is 2.31. The Kier molecular flexibility index (Phi) is 9.60. The zero-order chi connectivity index (χ0) is 32.5. The van der Waals surface area contributed by atoms with Gasteiger partial charge in [0.25, 0.3) is 11.8 Å². The third-order valence-electron chi connectivity index (χ3n) is 6.00. The van der Waals surface area contributed by atoms with Crippen LogP contribution in [-0.2, 0) is 20.7 Å². The van der Waals surface area contributed by atoms with E-state index >= 15 is 0 Å². The van der Waals surface area contributed by atoms with Crippen LogP contribution in [0.1, 0.15) is 44.6 Å². The fourth-order valence-corrected chi connectivity index (χ4v) is 4.88. The number of rotatable bonds is 7. The van der Waals surface area contributed by atoms with Gasteiger partial charge in [0.15, 0.2) is 11.5 Å². The number of anilines is 1. The molecule has 0 aliphatic carbocycles. The molecule has 10 nitrogen and oxygen atoms in total. The zero-order valence-corrected chi connectivity index (χ0v) is 24.3. The smallest absolute Gasteiger partial charge is 0.351 e. The normalized spacial score (nSPS) is 14.0. The fourth-order valence-electron chi connectivity index (χ4n) is 3.60. The van der Waals surface area contributed by atoms with E-state index in [9.17, 15) is 44.9 Å². The lowest BCUT2D eigenvalue weighted by Gasteiger charge is -2.18. The number of amides is 3. The minimum absolute atomic E-state index is 0.0345. The lowest BCUT2D eigenvalue weighted by atomic mass is 10.1. The number of hydrogen-bond acceptors (Lipinski definition) is 6. The van der Waals surface area contributed by atoms with E-state index in [0.717, 1.165) is 12.3 Å². The standard InChI is InChI=1S/C25H23ClF6N6O4S/c1-12-6-5-7-33-20(12)38-17(10-18(36-38)24(27,28)29)22(40)35-19-13(2)8-15(26)9-16(19)21(39)34-11-14(3)43(4,42)37-23(41)25(30,31)32/h5-10,14H,11H2,1-4H3,(H,34,39)(H,35,40). The number of carbonyl (C=O) groups is 3. The molecule has 1 aromatic carbocycles. The van der Waals surface area contributed by atoms with E-state index in [1.165, 1.54) is 32.2 Å². The summed E-state index contributed by atoms with van der Waals surface area (Å²) in [7, 11) is -3.76. The van der Waals surface area contributed by atoms with Crippen LogP contribution in [0, 0.1) is 13.8 Å². The molecule has 0 radical (unpaired) electrons. The van der Waals surface area contributed by atoms with Gasteiger partial charge < -0.3 is 10.6 Å². The van der Waals surface area contributed by atoms with Gasteiger partial charge in [0.2, 0.25) is 0 Å². The Labute approximate surface area is 246 Å². The third kappa shape index (κ3) is 7.90. The van der Waals surface area contributed by atoms with Crippen LogP contribution in [0.25, 0.3) is 5.82 Å². The highest BCUT2D eigenvalue weighted by molar-refractivity contribution is 7.93. The summed E-state index contributed by atoms with van der Waals surface area (Å²) in [5.74, 6) is -4.62. The fraction of sp³-hybridized carbons (Fsp3) is 0.320. The zero-order valence-electron chi connectivity index (χ0n) is 22.7. The second kappa shape index (κ2) is 12.3. The molecule has 232 valence electrons. The van der Waals surface area contributed by atoms with Gasteiger partial charge in [-0.1, -0.05) is 17.7 Å². The van der Waals surface area contributed by atoms with Crippen molar-refractivity contribution in [3.8, 4) is 5.82 Å². The Hall–Kier alpha value is -3.99. The van der Waals surface area contributed by atoms with Crippen molar-refractivity contribution in [2.75, 3.05) is 18.1 Å². The van der Waals surface area contributed by atoms with Crippen LogP contribution in [0.2, 0.25) is 5.02 Å². The van der Waals surface area contributed by atoms with Gasteiger partial charge in [0, 0.05) is 30.1 Å². The lowest BCUT2D eigenvalue weighted by Crippen LogP contribution is -2.36. The number of nitrogens with one attached hydrogen (secondary N) is 2. The quantitative estimate of drug-likeness (QED) is 0.341. The predicted octanol–water partition coefficient (Wildman–Crippen LogP) is 5.11. The van der Waals surface area contributed by atoms with Gasteiger partial charge in [-0.15, -0.1) is 0 Å². The van der Waals surface area contributed by atoms with Crippen molar-refractivity contribution in [2.24, 2.45) is 4.36 Å². The first kappa shape index (κ1) is 33.5. The molecule has 18 heteroatoms. The summed E-state index contributed by atoms with van der Waals surface area (Å²) in [6, 6.07) is 6.09. The molecular formula is C25H23ClF6N6O4S. The van der Waals surface area contributed by atoms with Crippen LogP contribution in [0.15, 0.2) is 40.9 Å². The van der Waals surface area contributed by atoms with E-state index in [2.05, 4.69) is 25.1 Å². The van der Waals surface area contributed by atoms with Crippen molar-refractivity contribution in [1.29, 1.82) is 0 Å². The van der Waals surface area contributed by atoms with Crippen LogP contribution in [0.3, 0.4) is 0 Å². The van der Waals surface area contributed by atoms with E-state index in [0.29, 0.717) is 16.3 Å². The summed E-state index contributed by atoms with van der Waals surface area (Å²) in [4.78, 5) is 41.7. The van der Waals surface area contributed by atoms with Crippen molar-refractivity contribution in [1.82, 2.24) is 20.1 Å². The molecule has 2 aromatic heterocycles. The minimum atomic E-state index is -5.33. The van der Waals surface area contributed by atoms with Crippen LogP contribution in [0.5, 0.6) is 0 Å². The average Bonchev–Trinajstić information content (AvgIpc) is 3.34. The van der Waals surface area contributed by atoms with Gasteiger partial charge in [0.1, 0.15) is 5.69 Å². The third-order valence-corrected chi connectivity index (χ3v) is 8.41. The van der Waals surface area contributed by atoms with Crippen molar-refractivity contribution in [3.63, 3.8) is 0 Å². The van der Waals surface area contributed by atoms with E-state index in [-0.39, 0.29) is 27.7 Å². The summed E-state index contributed by atoms with van der Waals surface area (Å²) in [5, 5.41) is 7.05. The number of halogens is 7. The van der Waals surface area contributed by atoms with Crippen LogP contribution < -0.4 is 10.6 Å². The maximum atomic E-state index is 13.5. The second-order valence-corrected chi connectivity index (χ2v) is 12.5. The average molecular weight is 653 g/mol. The maximum absolute atomic E-state index is 13.5. The van der Waals surface area contributed by atoms with Gasteiger partial charge in [-0.2, -0.15) is 35.8 Å². The maximum Gasteiger partial charge on any atom is 0.474 e. The SMILES string of the molecule is Cc1cccnc1-n1nc(C(F)(F)F)cc1C(=O)Nc1c(C)cc(Cl)cc1C(=O)NCC(C)S(C)(=O)=NC(=O)C(F)(F)F. The highest BCUT2D eigenvalue weighted by Gasteiger charge is 2.40. The molecule has 43 heavy (non-hydrogen) atoms. The van der Waals surface area contributed by atoms with Crippen molar-refractivity contribution in [2.45, 2.75) is 38.4 Å². The number of hydrogen-bond donors (Lipinski definition) is 2. The van der Waals surface area contributed by atoms with Crippen molar-refractivity contribution < 1.29 is 44.9 Å². The van der Waals surface area contributed by atoms with E-state index in [1.807, 2.05) is 0 Å². The van der Waals surface area contributed by atoms with Crippen LogP contribution in [0.4, 0.5) is 32.0 Å². The molecule has 2 heterocycles. The molecule has 0 saturated carbocycles. The predicted molar refractivity (Wildman–Crippen MR) is 145 cm³/mol. The number of alkyl halides is 6. The molecule has 0 fully saturated rings. The Morgan fingerprint density at radius 3 is 2.30 bits per heavy atom. The van der Waals surface area contributed by atoms with E-state index in [1.54, 1.807) is 13.0 Å². The van der Waals surface area contributed by atoms with Gasteiger partial charge >= 0.3 is 18.3 Å². The highest BCUT2D eigenvalue weighted by atomic mass is 35.5. The largest absolute Gasteiger partial charge is 0.474 e. The Balaban J connectivity index is 1.95. The van der Waals surface area contributed by atoms with Crippen LogP contribution >= 0.6 is 11.6 Å². The van der Waals surface area contributed by atoms with E-state index < -0.39 is 63.0 Å². The summed E-state index contributed by atoms with van der Waals surface area (Å²) < 4.78 is 94.4. The molecule has 0 spiro atoms. The lowest BCUT2D eigenvalue weighted by molar-refractivity contribution is -0.169. The molecule has 0 bridgehead atoms. The first-order valence-corrected chi connectivity index (χ1v) is 14.4. The molecule has 2 atom stereocenters. The second-order valence-electron chi connectivity index (χ2n) is 9.34. The molecule has 2 unspecified atom stereocenters. The number of pyridine rings is 1. The molecule has 0 saturated heterocycles. The number of aryl methyl sites for hydroxylation is 2. The summed E-state index contributed by atoms with van der Waals surface area (Å²) >= 11 is 6.09. The summed E-state index contributed by atoms with van der Waals surface area (Å²) in [5.41, 5.74) is -1.74. The molecule has 3 rings (SSSR count). The first-order chi connectivity index (χ1) is 19.7. The van der Waals surface area contributed by atoms with Gasteiger partial charge in [0.05, 0.1) is 26.2 Å². The molecule has 0 aliphatic rings. The Bertz CT molecular complexity index is 1710. The van der Waals surface area contributed by atoms with Crippen molar-refractivity contribution >= 4 is 44.7 Å². The Morgan fingerprint density at radius 2 is 1.72 bits per heavy atom. The Morgan fingerprint density at radius 1 is 1.07 bits per heavy atom. The van der Waals surface area contributed by atoms with Crippen LogP contribution in [-0.4, -0.2) is 60.9 Å². The number of aromatic nitrogens is 3. The minimum Gasteiger partial charge on any atom is -0.351 e. The monoisotopic (exact) mass is 652 g/mol. The number of carbonyl (C=O) groups excluding carboxylic acids is 3. The molecule has 3 aromatic rings. The first-order valence-electron chi connectivity index (χ1n) is 12.0. The molecule has 3 amide bonds.